The summed E-state index contributed by atoms with van der Waals surface area (Å²) in [6, 6.07) is 7.17. The van der Waals surface area contributed by atoms with Gasteiger partial charge in [0.2, 0.25) is 0 Å². The molecular formula is C17H18FN3O4S. The van der Waals surface area contributed by atoms with Crippen molar-refractivity contribution in [2.75, 3.05) is 35.1 Å². The van der Waals surface area contributed by atoms with Crippen LogP contribution in [0.4, 0.5) is 21.5 Å². The van der Waals surface area contributed by atoms with Gasteiger partial charge in [0, 0.05) is 25.3 Å². The third-order valence-electron chi connectivity index (χ3n) is 4.35. The first-order valence-corrected chi connectivity index (χ1v) is 9.09. The average Bonchev–Trinajstić information content (AvgIpc) is 2.76. The predicted octanol–water partition coefficient (Wildman–Crippen LogP) is 2.53. The summed E-state index contributed by atoms with van der Waals surface area (Å²) in [4.78, 5) is 12.4. The molecule has 3 rings (SSSR count). The molecule has 26 heavy (non-hydrogen) atoms. The first-order valence-electron chi connectivity index (χ1n) is 7.69. The molecule has 2 aromatic rings. The number of carbonyl (C=O) groups is 1. The Balaban J connectivity index is 1.94. The molecule has 0 aliphatic carbocycles. The molecule has 0 unspecified atom stereocenters. The number of hydrogen-bond donors (Lipinski definition) is 1. The van der Waals surface area contributed by atoms with Gasteiger partial charge in [-0.3, -0.25) is 13.4 Å². The summed E-state index contributed by atoms with van der Waals surface area (Å²) in [6.45, 7) is 1.75. The van der Waals surface area contributed by atoms with E-state index in [1.54, 1.807) is 19.1 Å². The topological polar surface area (TPSA) is 79.0 Å². The molecule has 1 heterocycles. The summed E-state index contributed by atoms with van der Waals surface area (Å²) in [5, 5.41) is 2.70. The Morgan fingerprint density at radius 1 is 1.12 bits per heavy atom. The maximum Gasteiger partial charge on any atom is 0.326 e. The minimum absolute atomic E-state index is 0.0464. The number of hydrogen-bond acceptors (Lipinski definition) is 4. The average molecular weight is 379 g/mol. The number of nitrogens with one attached hydrogen (secondary N) is 1. The number of aryl methyl sites for hydroxylation is 1. The molecule has 0 radical (unpaired) electrons. The summed E-state index contributed by atoms with van der Waals surface area (Å²) in [7, 11) is 0.651. The lowest BCUT2D eigenvalue weighted by Gasteiger charge is -2.13. The normalized spacial score (nSPS) is 15.0. The van der Waals surface area contributed by atoms with Crippen LogP contribution in [0.15, 0.2) is 30.3 Å². The van der Waals surface area contributed by atoms with Crippen LogP contribution in [0.5, 0.6) is 5.75 Å². The smallest absolute Gasteiger partial charge is 0.326 e. The van der Waals surface area contributed by atoms with Gasteiger partial charge in [-0.25, -0.2) is 4.39 Å². The summed E-state index contributed by atoms with van der Waals surface area (Å²) in [5.41, 5.74) is 2.24. The Kier molecular flexibility index (Phi) is 4.27. The second kappa shape index (κ2) is 6.17. The third kappa shape index (κ3) is 2.74. The molecule has 9 heteroatoms. The quantitative estimate of drug-likeness (QED) is 0.889. The number of methoxy groups -OCH3 is 1. The fourth-order valence-electron chi connectivity index (χ4n) is 2.75. The summed E-state index contributed by atoms with van der Waals surface area (Å²) in [5.74, 6) is -1.10. The number of nitrogens with zero attached hydrogens (tertiary/aromatic N) is 2. The molecule has 2 aromatic carbocycles. The fraction of sp³-hybridized carbons (Fsp3) is 0.235. The van der Waals surface area contributed by atoms with E-state index in [4.69, 9.17) is 4.74 Å². The lowest BCUT2D eigenvalue weighted by Crippen LogP contribution is -2.32. The highest BCUT2D eigenvalue weighted by Crippen LogP contribution is 2.42. The zero-order valence-electron chi connectivity index (χ0n) is 14.7. The number of amides is 1. The van der Waals surface area contributed by atoms with Gasteiger partial charge in [0.15, 0.2) is 11.6 Å². The number of carbonyl (C=O) groups excluding carboxylic acids is 1. The van der Waals surface area contributed by atoms with Crippen molar-refractivity contribution in [3.05, 3.63) is 47.3 Å². The molecule has 0 atom stereocenters. The highest BCUT2D eigenvalue weighted by Gasteiger charge is 2.36. The van der Waals surface area contributed by atoms with Crippen LogP contribution in [0.2, 0.25) is 0 Å². The van der Waals surface area contributed by atoms with Crippen LogP contribution < -0.4 is 18.7 Å². The van der Waals surface area contributed by atoms with Gasteiger partial charge in [0.05, 0.1) is 18.5 Å². The zero-order chi connectivity index (χ0) is 19.2. The molecule has 138 valence electrons. The number of ether oxygens (including phenoxy) is 1. The minimum Gasteiger partial charge on any atom is -0.494 e. The molecule has 1 N–H and O–H groups in total. The summed E-state index contributed by atoms with van der Waals surface area (Å²) in [6.07, 6.45) is 0. The van der Waals surface area contributed by atoms with Gasteiger partial charge in [-0.2, -0.15) is 8.42 Å². The van der Waals surface area contributed by atoms with Crippen LogP contribution in [0, 0.1) is 12.7 Å². The largest absolute Gasteiger partial charge is 0.494 e. The Labute approximate surface area is 151 Å². The lowest BCUT2D eigenvalue weighted by molar-refractivity contribution is 0.102. The monoisotopic (exact) mass is 379 g/mol. The van der Waals surface area contributed by atoms with E-state index in [-0.39, 0.29) is 11.3 Å². The highest BCUT2D eigenvalue weighted by molar-refractivity contribution is 7.94. The maximum absolute atomic E-state index is 13.8. The minimum atomic E-state index is -3.60. The van der Waals surface area contributed by atoms with Crippen LogP contribution in [0.1, 0.15) is 15.9 Å². The first-order chi connectivity index (χ1) is 12.2. The molecule has 7 nitrogen and oxygen atoms in total. The standard InChI is InChI=1S/C17H18FN3O4S/c1-10-7-14-15(21(3)26(23,24)20(14)2)9-13(10)19-17(22)11-5-6-16(25-4)12(18)8-11/h5-9H,1-4H3,(H,19,22). The van der Waals surface area contributed by atoms with Gasteiger partial charge in [0.1, 0.15) is 0 Å². The molecular weight excluding hydrogens is 361 g/mol. The second-order valence-corrected chi connectivity index (χ2v) is 7.89. The van der Waals surface area contributed by atoms with Crippen molar-refractivity contribution in [3.8, 4) is 5.75 Å². The van der Waals surface area contributed by atoms with Crippen molar-refractivity contribution in [2.45, 2.75) is 6.92 Å². The Hall–Kier alpha value is -2.81. The van der Waals surface area contributed by atoms with E-state index in [1.165, 1.54) is 37.6 Å². The second-order valence-electron chi connectivity index (χ2n) is 5.90. The van der Waals surface area contributed by atoms with E-state index in [1.807, 2.05) is 0 Å². The van der Waals surface area contributed by atoms with Crippen LogP contribution in [0.25, 0.3) is 0 Å². The van der Waals surface area contributed by atoms with Crippen molar-refractivity contribution in [1.29, 1.82) is 0 Å². The molecule has 0 spiro atoms. The molecule has 0 saturated heterocycles. The lowest BCUT2D eigenvalue weighted by atomic mass is 10.1. The Morgan fingerprint density at radius 3 is 2.31 bits per heavy atom. The van der Waals surface area contributed by atoms with E-state index in [9.17, 15) is 17.6 Å². The Bertz CT molecular complexity index is 1010. The van der Waals surface area contributed by atoms with Crippen LogP contribution in [-0.4, -0.2) is 35.5 Å². The van der Waals surface area contributed by atoms with Crippen LogP contribution >= 0.6 is 0 Å². The first kappa shape index (κ1) is 18.0. The number of rotatable bonds is 3. The molecule has 0 fully saturated rings. The van der Waals surface area contributed by atoms with Crippen molar-refractivity contribution in [2.24, 2.45) is 0 Å². The van der Waals surface area contributed by atoms with Crippen molar-refractivity contribution in [1.82, 2.24) is 0 Å². The van der Waals surface area contributed by atoms with Gasteiger partial charge in [-0.05, 0) is 42.8 Å². The Morgan fingerprint density at radius 2 is 1.73 bits per heavy atom. The molecule has 1 aliphatic rings. The maximum atomic E-state index is 13.8. The van der Waals surface area contributed by atoms with Crippen LogP contribution in [0.3, 0.4) is 0 Å². The summed E-state index contributed by atoms with van der Waals surface area (Å²) < 4.78 is 45.4. The number of fused-ring (bicyclic) bond motifs is 1. The van der Waals surface area contributed by atoms with Gasteiger partial charge < -0.3 is 10.1 Å². The van der Waals surface area contributed by atoms with E-state index in [0.717, 1.165) is 10.4 Å². The van der Waals surface area contributed by atoms with E-state index >= 15 is 0 Å². The summed E-state index contributed by atoms with van der Waals surface area (Å²) >= 11 is 0. The predicted molar refractivity (Wildman–Crippen MR) is 97.8 cm³/mol. The van der Waals surface area contributed by atoms with Crippen LogP contribution in [-0.2, 0) is 10.2 Å². The van der Waals surface area contributed by atoms with Crippen molar-refractivity contribution in [3.63, 3.8) is 0 Å². The highest BCUT2D eigenvalue weighted by atomic mass is 32.2. The SMILES string of the molecule is COc1ccc(C(=O)Nc2cc3c(cc2C)N(C)S(=O)(=O)N3C)cc1F. The van der Waals surface area contributed by atoms with Gasteiger partial charge >= 0.3 is 10.2 Å². The van der Waals surface area contributed by atoms with Crippen molar-refractivity contribution >= 4 is 33.2 Å². The molecule has 0 bridgehead atoms. The molecule has 1 amide bonds. The fourth-order valence-corrected chi connectivity index (χ4v) is 3.91. The zero-order valence-corrected chi connectivity index (χ0v) is 15.5. The number of benzene rings is 2. The molecule has 0 saturated carbocycles. The third-order valence-corrected chi connectivity index (χ3v) is 6.13. The molecule has 0 aromatic heterocycles. The number of halogens is 1. The van der Waals surface area contributed by atoms with E-state index < -0.39 is 21.9 Å². The van der Waals surface area contributed by atoms with E-state index in [2.05, 4.69) is 5.32 Å². The van der Waals surface area contributed by atoms with Gasteiger partial charge in [-0.15, -0.1) is 0 Å². The van der Waals surface area contributed by atoms with E-state index in [0.29, 0.717) is 22.6 Å². The van der Waals surface area contributed by atoms with Crippen molar-refractivity contribution < 1.29 is 22.3 Å². The molecule has 1 aliphatic heterocycles. The van der Waals surface area contributed by atoms with Gasteiger partial charge in [0.25, 0.3) is 5.91 Å². The number of anilines is 3. The van der Waals surface area contributed by atoms with Gasteiger partial charge in [-0.1, -0.05) is 0 Å².